The molecule has 1 aromatic heterocycles. The molecule has 7 nitrogen and oxygen atoms in total. The summed E-state index contributed by atoms with van der Waals surface area (Å²) in [6, 6.07) is 15.5. The summed E-state index contributed by atoms with van der Waals surface area (Å²) in [6.45, 7) is -0.429. The van der Waals surface area contributed by atoms with Crippen LogP contribution in [0, 0.1) is 0 Å². The number of rotatable bonds is 7. The van der Waals surface area contributed by atoms with Gasteiger partial charge in [-0.2, -0.15) is 0 Å². The molecule has 1 N–H and O–H groups in total. The van der Waals surface area contributed by atoms with Crippen LogP contribution in [0.25, 0.3) is 6.08 Å². The zero-order valence-electron chi connectivity index (χ0n) is 17.5. The van der Waals surface area contributed by atoms with E-state index in [4.69, 9.17) is 32.4 Å². The molecule has 0 unspecified atom stereocenters. The third kappa shape index (κ3) is 5.79. The number of hydrogen-bond donors (Lipinski definition) is 1. The molecule has 2 heterocycles. The Morgan fingerprint density at radius 3 is 2.62 bits per heavy atom. The van der Waals surface area contributed by atoms with E-state index in [1.54, 1.807) is 36.4 Å². The van der Waals surface area contributed by atoms with E-state index >= 15 is 0 Å². The fraction of sp³-hybridized carbons (Fsp3) is 0.0870. The van der Waals surface area contributed by atoms with Gasteiger partial charge in [0.15, 0.2) is 5.09 Å². The molecule has 4 rings (SSSR count). The van der Waals surface area contributed by atoms with Crippen molar-refractivity contribution in [2.24, 2.45) is 0 Å². The SMILES string of the molecule is COc1ccc(NC(=O)CN2C(=O)S/C(=C\c3ccc(Sc4ccc(Cl)cc4)o3)C2=O)cc1Cl. The number of nitrogens with one attached hydrogen (secondary N) is 1. The van der Waals surface area contributed by atoms with Crippen LogP contribution < -0.4 is 10.1 Å². The maximum absolute atomic E-state index is 12.7. The van der Waals surface area contributed by atoms with Gasteiger partial charge in [0.2, 0.25) is 5.91 Å². The van der Waals surface area contributed by atoms with Crippen molar-refractivity contribution in [2.45, 2.75) is 9.99 Å². The van der Waals surface area contributed by atoms with Crippen molar-refractivity contribution in [2.75, 3.05) is 19.0 Å². The Hall–Kier alpha value is -2.85. The molecule has 3 aromatic rings. The second-order valence-corrected chi connectivity index (χ2v) is 9.79. The number of hydrogen-bond acceptors (Lipinski definition) is 7. The van der Waals surface area contributed by atoms with Crippen molar-refractivity contribution in [3.63, 3.8) is 0 Å². The predicted molar refractivity (Wildman–Crippen MR) is 134 cm³/mol. The molecule has 1 saturated heterocycles. The minimum absolute atomic E-state index is 0.169. The Morgan fingerprint density at radius 1 is 1.15 bits per heavy atom. The van der Waals surface area contributed by atoms with Crippen molar-refractivity contribution in [1.82, 2.24) is 4.90 Å². The number of carbonyl (C=O) groups is 3. The number of furan rings is 1. The molecular formula is C23H16Cl2N2O5S2. The van der Waals surface area contributed by atoms with Gasteiger partial charge in [0.25, 0.3) is 11.1 Å². The number of methoxy groups -OCH3 is 1. The summed E-state index contributed by atoms with van der Waals surface area (Å²) in [6.07, 6.45) is 1.48. The lowest BCUT2D eigenvalue weighted by atomic mass is 10.3. The van der Waals surface area contributed by atoms with Crippen molar-refractivity contribution >= 4 is 75.5 Å². The van der Waals surface area contributed by atoms with Crippen molar-refractivity contribution < 1.29 is 23.5 Å². The van der Waals surface area contributed by atoms with Gasteiger partial charge in [-0.05, 0) is 66.4 Å². The van der Waals surface area contributed by atoms with Gasteiger partial charge in [0.05, 0.1) is 17.0 Å². The molecule has 0 saturated carbocycles. The van der Waals surface area contributed by atoms with E-state index in [0.29, 0.717) is 32.3 Å². The van der Waals surface area contributed by atoms with Crippen molar-refractivity contribution in [3.8, 4) is 5.75 Å². The monoisotopic (exact) mass is 534 g/mol. The highest BCUT2D eigenvalue weighted by Crippen LogP contribution is 2.35. The molecule has 11 heteroatoms. The molecule has 1 fully saturated rings. The van der Waals surface area contributed by atoms with Gasteiger partial charge in [-0.3, -0.25) is 19.3 Å². The Bertz CT molecular complexity index is 1290. The van der Waals surface area contributed by atoms with E-state index in [1.807, 2.05) is 12.1 Å². The number of nitrogens with zero attached hydrogens (tertiary/aromatic N) is 1. The lowest BCUT2D eigenvalue weighted by Gasteiger charge is -2.13. The number of ether oxygens (including phenoxy) is 1. The molecule has 0 atom stereocenters. The first-order chi connectivity index (χ1) is 16.3. The van der Waals surface area contributed by atoms with Crippen LogP contribution in [0.5, 0.6) is 5.75 Å². The third-order valence-corrected chi connectivity index (χ3v) is 6.90. The highest BCUT2D eigenvalue weighted by atomic mass is 35.5. The van der Waals surface area contributed by atoms with Crippen molar-refractivity contribution in [1.29, 1.82) is 0 Å². The van der Waals surface area contributed by atoms with Gasteiger partial charge in [-0.1, -0.05) is 35.0 Å². The number of amides is 3. The Morgan fingerprint density at radius 2 is 1.91 bits per heavy atom. The molecule has 0 spiro atoms. The summed E-state index contributed by atoms with van der Waals surface area (Å²) in [5.41, 5.74) is 0.416. The number of anilines is 1. The second kappa shape index (κ2) is 10.6. The third-order valence-electron chi connectivity index (χ3n) is 4.52. The minimum atomic E-state index is -0.568. The summed E-state index contributed by atoms with van der Waals surface area (Å²) in [7, 11) is 1.48. The van der Waals surface area contributed by atoms with E-state index in [-0.39, 0.29) is 4.91 Å². The van der Waals surface area contributed by atoms with E-state index < -0.39 is 23.6 Å². The molecule has 3 amide bonds. The quantitative estimate of drug-likeness (QED) is 0.349. The lowest BCUT2D eigenvalue weighted by Crippen LogP contribution is -2.36. The molecule has 1 aliphatic rings. The van der Waals surface area contributed by atoms with Crippen LogP contribution in [0.3, 0.4) is 0 Å². The van der Waals surface area contributed by atoms with Gasteiger partial charge in [-0.25, -0.2) is 0 Å². The van der Waals surface area contributed by atoms with Crippen molar-refractivity contribution in [3.05, 3.63) is 75.3 Å². The summed E-state index contributed by atoms with van der Waals surface area (Å²) >= 11 is 14.1. The number of imide groups is 1. The molecule has 174 valence electrons. The van der Waals surface area contributed by atoms with Crippen LogP contribution in [0.2, 0.25) is 10.0 Å². The largest absolute Gasteiger partial charge is 0.495 e. The molecule has 0 radical (unpaired) electrons. The van der Waals surface area contributed by atoms with Gasteiger partial charge in [-0.15, -0.1) is 0 Å². The zero-order chi connectivity index (χ0) is 24.2. The molecular weight excluding hydrogens is 519 g/mol. The number of benzene rings is 2. The number of thioether (sulfide) groups is 1. The van der Waals surface area contributed by atoms with Gasteiger partial charge < -0.3 is 14.5 Å². The highest BCUT2D eigenvalue weighted by molar-refractivity contribution is 8.18. The van der Waals surface area contributed by atoms with Gasteiger partial charge >= 0.3 is 0 Å². The van der Waals surface area contributed by atoms with Crippen LogP contribution in [-0.4, -0.2) is 35.6 Å². The predicted octanol–water partition coefficient (Wildman–Crippen LogP) is 6.42. The molecule has 34 heavy (non-hydrogen) atoms. The zero-order valence-corrected chi connectivity index (χ0v) is 20.7. The van der Waals surface area contributed by atoms with Crippen LogP contribution in [0.15, 0.2) is 73.9 Å². The standard InChI is InChI=1S/C23H16Cl2N2O5S2/c1-31-18-8-4-14(10-17(18)25)26-20(28)12-27-22(29)19(34-23(27)30)11-15-5-9-21(32-15)33-16-6-2-13(24)3-7-16/h2-11H,12H2,1H3,(H,26,28)/b19-11-. The topological polar surface area (TPSA) is 88.8 Å². The first-order valence-corrected chi connectivity index (χ1v) is 12.1. The lowest BCUT2D eigenvalue weighted by molar-refractivity contribution is -0.127. The fourth-order valence-electron chi connectivity index (χ4n) is 2.94. The van der Waals surface area contributed by atoms with Crippen LogP contribution in [-0.2, 0) is 9.59 Å². The average molecular weight is 535 g/mol. The second-order valence-electron chi connectivity index (χ2n) is 6.88. The van der Waals surface area contributed by atoms with Crippen LogP contribution >= 0.6 is 46.7 Å². The van der Waals surface area contributed by atoms with Gasteiger partial charge in [0, 0.05) is 21.7 Å². The smallest absolute Gasteiger partial charge is 0.294 e. The number of halogens is 2. The van der Waals surface area contributed by atoms with E-state index in [0.717, 1.165) is 21.6 Å². The Kier molecular flexibility index (Phi) is 7.57. The Balaban J connectivity index is 1.39. The number of carbonyl (C=O) groups excluding carboxylic acids is 3. The van der Waals surface area contributed by atoms with Gasteiger partial charge in [0.1, 0.15) is 18.1 Å². The summed E-state index contributed by atoms with van der Waals surface area (Å²) in [5.74, 6) is -0.228. The summed E-state index contributed by atoms with van der Waals surface area (Å²) < 4.78 is 10.8. The minimum Gasteiger partial charge on any atom is -0.495 e. The maximum Gasteiger partial charge on any atom is 0.294 e. The summed E-state index contributed by atoms with van der Waals surface area (Å²) in [4.78, 5) is 39.4. The molecule has 1 aliphatic heterocycles. The molecule has 0 aliphatic carbocycles. The van der Waals surface area contributed by atoms with E-state index in [9.17, 15) is 14.4 Å². The average Bonchev–Trinajstić information content (AvgIpc) is 3.34. The first kappa shape index (κ1) is 24.3. The molecule has 0 bridgehead atoms. The fourth-order valence-corrected chi connectivity index (χ4v) is 4.92. The first-order valence-electron chi connectivity index (χ1n) is 9.74. The van der Waals surface area contributed by atoms with E-state index in [2.05, 4.69) is 5.32 Å². The maximum atomic E-state index is 12.7. The van der Waals surface area contributed by atoms with E-state index in [1.165, 1.54) is 31.0 Å². The molecule has 2 aromatic carbocycles. The van der Waals surface area contributed by atoms with Crippen LogP contribution in [0.4, 0.5) is 10.5 Å². The highest BCUT2D eigenvalue weighted by Gasteiger charge is 2.36. The summed E-state index contributed by atoms with van der Waals surface area (Å²) in [5, 5.41) is 3.65. The normalized spacial score (nSPS) is 14.7. The van der Waals surface area contributed by atoms with Crippen LogP contribution in [0.1, 0.15) is 5.76 Å². The Labute approximate surface area is 213 Å².